The fourth-order valence-corrected chi connectivity index (χ4v) is 0.705. The van der Waals surface area contributed by atoms with Crippen LogP contribution in [0.4, 0.5) is 0 Å². The molecule has 0 aliphatic carbocycles. The van der Waals surface area contributed by atoms with Crippen LogP contribution in [-0.2, 0) is 24.3 Å². The Kier molecular flexibility index (Phi) is 7.66. The zero-order valence-electron chi connectivity index (χ0n) is 7.16. The van der Waals surface area contributed by atoms with Crippen molar-refractivity contribution in [2.24, 2.45) is 0 Å². The summed E-state index contributed by atoms with van der Waals surface area (Å²) in [5.41, 5.74) is 0. The molecule has 0 heterocycles. The largest absolute Gasteiger partial charge is 0.300 e. The molecule has 4 heteroatoms. The number of carbonyl (C=O) groups is 1. The molecule has 0 aromatic heterocycles. The van der Waals surface area contributed by atoms with E-state index >= 15 is 0 Å². The quantitative estimate of drug-likeness (QED) is 0.349. The first-order valence-corrected chi connectivity index (χ1v) is 2.87. The van der Waals surface area contributed by atoms with Crippen molar-refractivity contribution in [3.05, 3.63) is 0 Å². The third-order valence-corrected chi connectivity index (χ3v) is 1.18. The smallest absolute Gasteiger partial charge is 0.151 e. The summed E-state index contributed by atoms with van der Waals surface area (Å²) < 4.78 is 0. The fraction of sp³-hybridized carbons (Fsp3) is 0.833. The topological polar surface area (TPSA) is 23.6 Å². The van der Waals surface area contributed by atoms with Crippen molar-refractivity contribution in [3.8, 4) is 0 Å². The molecular weight excluding hydrogens is 181 g/mol. The second kappa shape index (κ2) is 5.96. The molecule has 0 aromatic carbocycles. The number of nitrogens with zero attached hydrogens (tertiary/aromatic N) is 2. The van der Waals surface area contributed by atoms with Crippen molar-refractivity contribution >= 4 is 6.29 Å². The number of carbonyl (C=O) groups excluding carboxylic acids is 1. The first-order chi connectivity index (χ1) is 4.09. The van der Waals surface area contributed by atoms with E-state index in [-0.39, 0.29) is 25.6 Å². The van der Waals surface area contributed by atoms with Crippen molar-refractivity contribution < 1.29 is 24.3 Å². The van der Waals surface area contributed by atoms with Crippen LogP contribution in [-0.4, -0.2) is 50.4 Å². The van der Waals surface area contributed by atoms with Crippen LogP contribution in [0.15, 0.2) is 0 Å². The van der Waals surface area contributed by atoms with Crippen LogP contribution in [0.3, 0.4) is 0 Å². The first kappa shape index (κ1) is 12.9. The molecule has 0 amide bonds. The molecule has 0 aromatic rings. The predicted octanol–water partition coefficient (Wildman–Crippen LogP) is -0.368. The van der Waals surface area contributed by atoms with E-state index in [9.17, 15) is 4.79 Å². The third kappa shape index (κ3) is 4.10. The van der Waals surface area contributed by atoms with Crippen molar-refractivity contribution in [3.63, 3.8) is 0 Å². The molecule has 56 valence electrons. The van der Waals surface area contributed by atoms with E-state index in [0.29, 0.717) is 0 Å². The van der Waals surface area contributed by atoms with Crippen molar-refractivity contribution in [1.82, 2.24) is 9.80 Å². The van der Waals surface area contributed by atoms with Gasteiger partial charge < -0.3 is 4.79 Å². The molecule has 0 spiro atoms. The summed E-state index contributed by atoms with van der Waals surface area (Å²) >= 11 is 0. The van der Waals surface area contributed by atoms with Gasteiger partial charge >= 0.3 is 0 Å². The maximum Gasteiger partial charge on any atom is 0.151 e. The van der Waals surface area contributed by atoms with Gasteiger partial charge in [0.2, 0.25) is 0 Å². The second-order valence-electron chi connectivity index (χ2n) is 2.48. The molecule has 0 aliphatic heterocycles. The molecule has 10 heavy (non-hydrogen) atoms. The molecule has 0 atom stereocenters. The predicted molar refractivity (Wildman–Crippen MR) is 37.2 cm³/mol. The maximum atomic E-state index is 10.3. The maximum absolute atomic E-state index is 10.3. The fourth-order valence-electron chi connectivity index (χ4n) is 0.705. The van der Waals surface area contributed by atoms with Gasteiger partial charge in [0, 0.05) is 19.5 Å². The van der Waals surface area contributed by atoms with Gasteiger partial charge in [-0.05, 0) is 28.2 Å². The summed E-state index contributed by atoms with van der Waals surface area (Å²) in [6.45, 7) is 0. The summed E-state index contributed by atoms with van der Waals surface area (Å²) in [6, 6.07) is 0. The van der Waals surface area contributed by atoms with Gasteiger partial charge in [-0.1, -0.05) is 0 Å². The zero-order valence-corrected chi connectivity index (χ0v) is 10.1. The Morgan fingerprint density at radius 3 is 1.40 bits per heavy atom. The van der Waals surface area contributed by atoms with Gasteiger partial charge in [0.05, 0.1) is 0 Å². The van der Waals surface area contributed by atoms with Gasteiger partial charge in [-0.3, -0.25) is 9.80 Å². The van der Waals surface area contributed by atoms with E-state index in [0.717, 1.165) is 6.29 Å². The molecule has 0 fully saturated rings. The van der Waals surface area contributed by atoms with Crippen LogP contribution in [0.1, 0.15) is 0 Å². The Morgan fingerprint density at radius 2 is 1.40 bits per heavy atom. The normalized spacial score (nSPS) is 10.3. The molecule has 3 nitrogen and oxygen atoms in total. The Labute approximate surface area is 75.1 Å². The van der Waals surface area contributed by atoms with E-state index in [1.54, 1.807) is 0 Å². The van der Waals surface area contributed by atoms with E-state index < -0.39 is 0 Å². The Bertz CT molecular complexity index is 87.7. The number of hydrogen-bond donors (Lipinski definition) is 0. The monoisotopic (exact) mass is 194 g/mol. The third-order valence-electron chi connectivity index (χ3n) is 1.18. The van der Waals surface area contributed by atoms with Crippen LogP contribution in [0.25, 0.3) is 0 Å². The molecule has 0 unspecified atom stereocenters. The second-order valence-corrected chi connectivity index (χ2v) is 2.48. The SMILES string of the molecule is CN(C)C(C=O)N(C)C.[Zn]. The summed E-state index contributed by atoms with van der Waals surface area (Å²) in [4.78, 5) is 14.0. The Morgan fingerprint density at radius 1 is 1.10 bits per heavy atom. The zero-order chi connectivity index (χ0) is 7.44. The van der Waals surface area contributed by atoms with Crippen molar-refractivity contribution in [2.45, 2.75) is 6.17 Å². The van der Waals surface area contributed by atoms with E-state index in [2.05, 4.69) is 0 Å². The number of rotatable bonds is 3. The average Bonchev–Trinajstić information content (AvgIpc) is 1.64. The van der Waals surface area contributed by atoms with Gasteiger partial charge in [0.15, 0.2) is 6.29 Å². The average molecular weight is 196 g/mol. The molecule has 0 aliphatic rings. The minimum Gasteiger partial charge on any atom is -0.300 e. The van der Waals surface area contributed by atoms with Crippen LogP contribution in [0.5, 0.6) is 0 Å². The van der Waals surface area contributed by atoms with Crippen LogP contribution in [0, 0.1) is 0 Å². The van der Waals surface area contributed by atoms with Gasteiger partial charge in [0.1, 0.15) is 6.17 Å². The molecule has 0 radical (unpaired) electrons. The van der Waals surface area contributed by atoms with Gasteiger partial charge in [-0.15, -0.1) is 0 Å². The minimum atomic E-state index is -0.0926. The molecule has 0 saturated carbocycles. The molecule has 0 N–H and O–H groups in total. The summed E-state index contributed by atoms with van der Waals surface area (Å²) in [5.74, 6) is 0. The molecule has 0 saturated heterocycles. The van der Waals surface area contributed by atoms with Gasteiger partial charge in [-0.25, -0.2) is 0 Å². The molecule has 0 bridgehead atoms. The molecular formula is C6H14N2OZn. The summed E-state index contributed by atoms with van der Waals surface area (Å²) in [6.07, 6.45) is 0.824. The first-order valence-electron chi connectivity index (χ1n) is 2.87. The van der Waals surface area contributed by atoms with Gasteiger partial charge in [-0.2, -0.15) is 0 Å². The van der Waals surface area contributed by atoms with Crippen LogP contribution in [0.2, 0.25) is 0 Å². The van der Waals surface area contributed by atoms with E-state index in [1.165, 1.54) is 0 Å². The van der Waals surface area contributed by atoms with Crippen molar-refractivity contribution in [2.75, 3.05) is 28.2 Å². The Balaban J connectivity index is 0. The summed E-state index contributed by atoms with van der Waals surface area (Å²) in [7, 11) is 7.50. The Hall–Kier alpha value is 0.213. The molecule has 0 rings (SSSR count). The summed E-state index contributed by atoms with van der Waals surface area (Å²) in [5, 5.41) is 0. The van der Waals surface area contributed by atoms with Crippen molar-refractivity contribution in [1.29, 1.82) is 0 Å². The van der Waals surface area contributed by atoms with Crippen LogP contribution < -0.4 is 0 Å². The van der Waals surface area contributed by atoms with E-state index in [1.807, 2.05) is 38.0 Å². The number of likely N-dealkylation sites (N-methyl/N-ethyl adjacent to an activating group) is 2. The minimum absolute atomic E-state index is 0. The number of aldehydes is 1. The van der Waals surface area contributed by atoms with E-state index in [4.69, 9.17) is 0 Å². The van der Waals surface area contributed by atoms with Crippen LogP contribution >= 0.6 is 0 Å². The standard InChI is InChI=1S/C6H14N2O.Zn/c1-7(2)6(5-9)8(3)4;/h5-6H,1-4H3;. The number of hydrogen-bond acceptors (Lipinski definition) is 3. The van der Waals surface area contributed by atoms with Gasteiger partial charge in [0.25, 0.3) is 0 Å².